The number of hydrogen-bond acceptors (Lipinski definition) is 10. The van der Waals surface area contributed by atoms with Crippen LogP contribution in [0.2, 0.25) is 5.02 Å². The van der Waals surface area contributed by atoms with Gasteiger partial charge >= 0.3 is 18.1 Å². The summed E-state index contributed by atoms with van der Waals surface area (Å²) in [6.45, 7) is 4.44. The van der Waals surface area contributed by atoms with E-state index >= 15 is 0 Å². The van der Waals surface area contributed by atoms with E-state index in [1.54, 1.807) is 44.2 Å². The van der Waals surface area contributed by atoms with Crippen molar-refractivity contribution in [3.8, 4) is 34.9 Å². The van der Waals surface area contributed by atoms with E-state index in [0.29, 0.717) is 42.2 Å². The molecule has 2 aromatic heterocycles. The third-order valence-electron chi connectivity index (χ3n) is 13.2. The van der Waals surface area contributed by atoms with E-state index in [-0.39, 0.29) is 98.5 Å². The predicted octanol–water partition coefficient (Wildman–Crippen LogP) is 7.64. The minimum atomic E-state index is -4.62. The maximum atomic E-state index is 13.7. The van der Waals surface area contributed by atoms with Gasteiger partial charge in [-0.15, -0.1) is 12.3 Å². The Balaban J connectivity index is 1.02. The van der Waals surface area contributed by atoms with Crippen molar-refractivity contribution in [2.75, 3.05) is 26.3 Å². The Morgan fingerprint density at radius 1 is 0.750 bits per heavy atom. The van der Waals surface area contributed by atoms with Crippen LogP contribution >= 0.6 is 11.6 Å². The molecule has 0 bridgehead atoms. The highest BCUT2D eigenvalue weighted by Gasteiger charge is 2.35. The maximum Gasteiger partial charge on any atom is 0.417 e. The van der Waals surface area contributed by atoms with Crippen LogP contribution in [0.15, 0.2) is 91.0 Å². The van der Waals surface area contributed by atoms with Crippen LogP contribution < -0.4 is 21.3 Å². The molecular formula is C56H60ClF3N6O10. The summed E-state index contributed by atoms with van der Waals surface area (Å²) in [5.41, 5.74) is 1.17. The number of halogens is 4. The number of aromatic amines is 2. The highest BCUT2D eigenvalue weighted by molar-refractivity contribution is 6.33. The molecule has 0 unspecified atom stereocenters. The number of rotatable bonds is 26. The van der Waals surface area contributed by atoms with Crippen LogP contribution in [0.3, 0.4) is 0 Å². The first kappa shape index (κ1) is 57.6. The van der Waals surface area contributed by atoms with Gasteiger partial charge in [-0.3, -0.25) is 28.8 Å². The van der Waals surface area contributed by atoms with Gasteiger partial charge in [-0.1, -0.05) is 61.0 Å². The molecule has 402 valence electrons. The highest BCUT2D eigenvalue weighted by atomic mass is 35.5. The first-order valence-electron chi connectivity index (χ1n) is 25.1. The summed E-state index contributed by atoms with van der Waals surface area (Å²) in [6.07, 6.45) is 7.68. The number of hydrogen-bond donors (Lipinski definition) is 6. The number of esters is 2. The smallest absolute Gasteiger partial charge is 0.417 e. The molecule has 2 aliphatic rings. The zero-order chi connectivity index (χ0) is 54.9. The van der Waals surface area contributed by atoms with Gasteiger partial charge in [-0.2, -0.15) is 13.2 Å². The lowest BCUT2D eigenvalue weighted by Gasteiger charge is -2.21. The molecule has 76 heavy (non-hydrogen) atoms. The van der Waals surface area contributed by atoms with Crippen molar-refractivity contribution in [3.63, 3.8) is 0 Å². The van der Waals surface area contributed by atoms with Gasteiger partial charge in [0.15, 0.2) is 11.6 Å². The van der Waals surface area contributed by atoms with Gasteiger partial charge in [-0.05, 0) is 81.0 Å². The molecule has 2 saturated heterocycles. The number of alkyl halides is 3. The molecule has 0 saturated carbocycles. The SMILES string of the molecule is C#CC[C@H](CC(=O)c1ccc(-c2ccc(CCOC(=O)/C=C/[C@H](C[C@@H]3CCNC3=O)NC(=O)[C@H](CC)CC(=O)c3ccc(-c4ccccc4C(F)(F)F)[nH]3)cc2Cl)[nH]1)C(=O)N[C@H](/C=C/C(=O)OCC)C[C@@H]1CCNC1=O. The van der Waals surface area contributed by atoms with Crippen molar-refractivity contribution in [2.45, 2.75) is 89.9 Å². The van der Waals surface area contributed by atoms with Crippen molar-refractivity contribution in [3.05, 3.63) is 119 Å². The lowest BCUT2D eigenvalue weighted by Crippen LogP contribution is -2.40. The molecule has 20 heteroatoms. The molecule has 6 atom stereocenters. The first-order chi connectivity index (χ1) is 36.4. The van der Waals surface area contributed by atoms with Gasteiger partial charge in [0.05, 0.1) is 41.1 Å². The standard InChI is InChI=1S/C56H60ClF3N6O10/c1-4-9-35(55(74)64-39(13-20-50(69)75-6-3)30-37-23-26-62-53(37)72)32-49(68)47-19-17-45(66-47)41-15-12-33(28-43(41)57)24-27-76-51(70)21-14-38(29-36-22-25-61-52(36)71)63-54(73)34(5-2)31-48(67)46-18-16-44(65-46)40-10-7-8-11-42(40)56(58,59)60/h1,7-8,10-21,28,34-39,65-66H,5-6,9,22-27,29-32H2,2-3H3,(H,61,71)(H,62,72)(H,63,73)(H,64,74)/b20-13+,21-14+/t34-,35-,36+,37+,38-,39-/m1/s1. The molecule has 0 spiro atoms. The number of Topliss-reactive ketones (excluding diaryl/α,β-unsaturated/α-hetero) is 2. The number of terminal acetylenes is 1. The molecule has 4 heterocycles. The molecule has 4 amide bonds. The molecular weight excluding hydrogens is 1010 g/mol. The maximum absolute atomic E-state index is 13.7. The average molecular weight is 1070 g/mol. The van der Waals surface area contributed by atoms with Gasteiger partial charge in [0.25, 0.3) is 0 Å². The molecule has 0 radical (unpaired) electrons. The van der Waals surface area contributed by atoms with Crippen LogP contribution in [0.1, 0.15) is 97.3 Å². The number of ketones is 2. The number of H-pyrrole nitrogens is 2. The zero-order valence-electron chi connectivity index (χ0n) is 42.0. The van der Waals surface area contributed by atoms with E-state index in [0.717, 1.165) is 17.7 Å². The summed E-state index contributed by atoms with van der Waals surface area (Å²) in [4.78, 5) is 110. The largest absolute Gasteiger partial charge is 0.463 e. The minimum absolute atomic E-state index is 0.0397. The van der Waals surface area contributed by atoms with E-state index in [9.17, 15) is 51.5 Å². The second kappa shape index (κ2) is 27.2. The van der Waals surface area contributed by atoms with Crippen LogP contribution in [-0.2, 0) is 50.8 Å². The Morgan fingerprint density at radius 2 is 1.29 bits per heavy atom. The lowest BCUT2D eigenvalue weighted by molar-refractivity contribution is -0.138. The van der Waals surface area contributed by atoms with E-state index in [1.165, 1.54) is 48.6 Å². The topological polar surface area (TPSA) is 235 Å². The zero-order valence-corrected chi connectivity index (χ0v) is 42.7. The summed E-state index contributed by atoms with van der Waals surface area (Å²) in [6, 6.07) is 14.7. The third kappa shape index (κ3) is 16.1. The van der Waals surface area contributed by atoms with Gasteiger partial charge in [-0.25, -0.2) is 9.59 Å². The van der Waals surface area contributed by atoms with Gasteiger partial charge < -0.3 is 40.7 Å². The second-order valence-electron chi connectivity index (χ2n) is 18.5. The van der Waals surface area contributed by atoms with Gasteiger partial charge in [0.2, 0.25) is 23.6 Å². The summed E-state index contributed by atoms with van der Waals surface area (Å²) in [5, 5.41) is 11.6. The normalized spacial score (nSPS) is 17.1. The fourth-order valence-corrected chi connectivity index (χ4v) is 9.34. The first-order valence-corrected chi connectivity index (χ1v) is 25.4. The fraction of sp³-hybridized carbons (Fsp3) is 0.393. The van der Waals surface area contributed by atoms with Crippen molar-refractivity contribution in [1.82, 2.24) is 31.2 Å². The number of benzene rings is 2. The highest BCUT2D eigenvalue weighted by Crippen LogP contribution is 2.37. The Morgan fingerprint density at radius 3 is 1.80 bits per heavy atom. The average Bonchev–Trinajstić information content (AvgIpc) is 4.24. The van der Waals surface area contributed by atoms with Crippen LogP contribution in [0.25, 0.3) is 22.5 Å². The van der Waals surface area contributed by atoms with E-state index in [2.05, 4.69) is 37.2 Å². The molecule has 2 aliphatic heterocycles. The molecule has 4 aromatic rings. The van der Waals surface area contributed by atoms with Crippen LogP contribution in [-0.4, -0.2) is 95.5 Å². The molecule has 0 aliphatic carbocycles. The van der Waals surface area contributed by atoms with Crippen LogP contribution in [0.4, 0.5) is 13.2 Å². The Labute approximate surface area is 442 Å². The van der Waals surface area contributed by atoms with Gasteiger partial charge in [0, 0.05) is 103 Å². The molecule has 2 fully saturated rings. The lowest BCUT2D eigenvalue weighted by atomic mass is 9.94. The summed E-state index contributed by atoms with van der Waals surface area (Å²) in [7, 11) is 0. The quantitative estimate of drug-likeness (QED) is 0.0156. The number of carbonyl (C=O) groups is 8. The minimum Gasteiger partial charge on any atom is -0.463 e. The molecule has 6 N–H and O–H groups in total. The Hall–Kier alpha value is -7.72. The third-order valence-corrected chi connectivity index (χ3v) is 13.5. The number of nitrogens with one attached hydrogen (secondary N) is 6. The Kier molecular flexibility index (Phi) is 20.6. The van der Waals surface area contributed by atoms with E-state index in [4.69, 9.17) is 27.5 Å². The van der Waals surface area contributed by atoms with Crippen molar-refractivity contribution < 1.29 is 61.0 Å². The molecule has 6 rings (SSSR count). The monoisotopic (exact) mass is 1070 g/mol. The number of carbonyl (C=O) groups excluding carboxylic acids is 8. The van der Waals surface area contributed by atoms with E-state index in [1.807, 2.05) is 0 Å². The number of ether oxygens (including phenoxy) is 2. The van der Waals surface area contributed by atoms with Crippen molar-refractivity contribution in [2.24, 2.45) is 23.7 Å². The van der Waals surface area contributed by atoms with Crippen LogP contribution in [0.5, 0.6) is 0 Å². The van der Waals surface area contributed by atoms with Crippen LogP contribution in [0, 0.1) is 36.0 Å². The number of amides is 4. The predicted molar refractivity (Wildman–Crippen MR) is 276 cm³/mol. The summed E-state index contributed by atoms with van der Waals surface area (Å²) < 4.78 is 51.5. The van der Waals surface area contributed by atoms with Crippen molar-refractivity contribution in [1.29, 1.82) is 0 Å². The second-order valence-corrected chi connectivity index (χ2v) is 18.9. The molecule has 2 aromatic carbocycles. The Bertz CT molecular complexity index is 2880. The fourth-order valence-electron chi connectivity index (χ4n) is 9.04. The van der Waals surface area contributed by atoms with Gasteiger partial charge in [0.1, 0.15) is 0 Å². The number of aromatic nitrogens is 2. The molecule has 16 nitrogen and oxygen atoms in total. The summed E-state index contributed by atoms with van der Waals surface area (Å²) in [5.74, 6) is -3.71. The van der Waals surface area contributed by atoms with Crippen molar-refractivity contribution >= 4 is 58.7 Å². The summed E-state index contributed by atoms with van der Waals surface area (Å²) >= 11 is 6.71. The van der Waals surface area contributed by atoms with E-state index < -0.39 is 76.9 Å².